The molecule has 4 rings (SSSR count). The van der Waals surface area contributed by atoms with Gasteiger partial charge in [-0.25, -0.2) is 4.79 Å². The van der Waals surface area contributed by atoms with Crippen LogP contribution in [0, 0.1) is 34.0 Å². The minimum absolute atomic E-state index is 0.124. The van der Waals surface area contributed by atoms with Crippen molar-refractivity contribution in [2.75, 3.05) is 20.7 Å². The van der Waals surface area contributed by atoms with Gasteiger partial charge in [-0.05, 0) is 49.5 Å². The first-order chi connectivity index (χ1) is 19.8. The molecule has 14 nitrogen and oxygen atoms in total. The van der Waals surface area contributed by atoms with Crippen LogP contribution in [0.25, 0.3) is 0 Å². The van der Waals surface area contributed by atoms with E-state index in [1.165, 1.54) is 31.1 Å². The molecule has 2 unspecified atom stereocenters. The lowest BCUT2D eigenvalue weighted by Gasteiger charge is -2.60. The molecule has 2 saturated carbocycles. The van der Waals surface area contributed by atoms with Gasteiger partial charge in [-0.2, -0.15) is 5.26 Å². The largest absolute Gasteiger partial charge is 0.507 e. The quantitative estimate of drug-likeness (QED) is 0.259. The Morgan fingerprint density at radius 1 is 1.16 bits per heavy atom. The standard InChI is InChI=1S/C29H36N6O8/c1-26(2,3)12-43-25(42)34-9-13-6-7-15(36)16-14(13)8-27(32)10-29(33)21(35(4)5)20(38)17(24(31)41)22(39)28(29,11-30)23(40)18(27)19(16)37/h6-7,17-18,21,36H,8-10,12,32-33H2,1-5H3,(H2,31,41)(H,34,42)/t17?,18?,21-,27-,28+,29-/m1/s1. The number of ether oxygens (including phenoxy) is 1. The number of benzene rings is 1. The molecule has 2 fully saturated rings. The predicted molar refractivity (Wildman–Crippen MR) is 149 cm³/mol. The Labute approximate surface area is 247 Å². The third-order valence-electron chi connectivity index (χ3n) is 8.63. The topological polar surface area (TPSA) is 249 Å². The molecule has 0 saturated heterocycles. The zero-order chi connectivity index (χ0) is 32.4. The highest BCUT2D eigenvalue weighted by Gasteiger charge is 2.78. The molecule has 1 aromatic carbocycles. The molecule has 230 valence electrons. The monoisotopic (exact) mass is 596 g/mol. The van der Waals surface area contributed by atoms with Crippen LogP contribution in [-0.2, 0) is 36.9 Å². The number of amides is 2. The molecule has 1 aromatic rings. The minimum atomic E-state index is -2.82. The molecular formula is C29H36N6O8. The van der Waals surface area contributed by atoms with Gasteiger partial charge >= 0.3 is 6.09 Å². The van der Waals surface area contributed by atoms with Gasteiger partial charge in [-0.3, -0.25) is 28.9 Å². The number of likely N-dealkylation sites (N-methyl/N-ethyl adjacent to an activating group) is 1. The number of alkyl carbamates (subject to hydrolysis) is 1. The number of Topliss-reactive ketones (excluding diaryl/α,β-unsaturated/α-hetero) is 4. The lowest BCUT2D eigenvalue weighted by molar-refractivity contribution is -0.166. The fourth-order valence-corrected chi connectivity index (χ4v) is 6.93. The van der Waals surface area contributed by atoms with Gasteiger partial charge in [-0.1, -0.05) is 26.8 Å². The molecule has 8 N–H and O–H groups in total. The fraction of sp³-hybridized carbons (Fsp3) is 0.552. The Morgan fingerprint density at radius 2 is 1.79 bits per heavy atom. The highest BCUT2D eigenvalue weighted by Crippen LogP contribution is 2.56. The van der Waals surface area contributed by atoms with Crippen LogP contribution in [-0.4, -0.2) is 83.0 Å². The van der Waals surface area contributed by atoms with Crippen LogP contribution in [0.3, 0.4) is 0 Å². The number of nitrogens with two attached hydrogens (primary N) is 3. The zero-order valence-corrected chi connectivity index (χ0v) is 24.6. The number of aromatic hydroxyl groups is 1. The number of hydrogen-bond donors (Lipinski definition) is 5. The molecule has 0 aliphatic heterocycles. The molecular weight excluding hydrogens is 560 g/mol. The molecule has 14 heteroatoms. The third kappa shape index (κ3) is 4.59. The second kappa shape index (κ2) is 10.2. The maximum absolute atomic E-state index is 14.3. The summed E-state index contributed by atoms with van der Waals surface area (Å²) < 4.78 is 5.23. The van der Waals surface area contributed by atoms with E-state index < -0.39 is 81.7 Å². The van der Waals surface area contributed by atoms with Crippen molar-refractivity contribution in [2.24, 2.45) is 39.9 Å². The van der Waals surface area contributed by atoms with E-state index in [9.17, 15) is 39.1 Å². The van der Waals surface area contributed by atoms with Gasteiger partial charge in [0.2, 0.25) is 5.91 Å². The number of nitrogens with one attached hydrogen (secondary N) is 1. The van der Waals surface area contributed by atoms with Crippen LogP contribution in [0.2, 0.25) is 0 Å². The number of carbonyl (C=O) groups is 6. The van der Waals surface area contributed by atoms with Crippen molar-refractivity contribution < 1.29 is 38.6 Å². The zero-order valence-electron chi connectivity index (χ0n) is 24.6. The van der Waals surface area contributed by atoms with Gasteiger partial charge in [0.05, 0.1) is 29.8 Å². The molecule has 0 heterocycles. The first kappa shape index (κ1) is 31.7. The van der Waals surface area contributed by atoms with Crippen LogP contribution in [0.5, 0.6) is 5.75 Å². The Bertz CT molecular complexity index is 1510. The maximum atomic E-state index is 14.3. The summed E-state index contributed by atoms with van der Waals surface area (Å²) in [6.45, 7) is 5.68. The lowest BCUT2D eigenvalue weighted by Crippen LogP contribution is -2.85. The number of fused-ring (bicyclic) bond motifs is 3. The highest BCUT2D eigenvalue weighted by molar-refractivity contribution is 6.33. The smallest absolute Gasteiger partial charge is 0.407 e. The van der Waals surface area contributed by atoms with Crippen molar-refractivity contribution in [2.45, 2.75) is 57.3 Å². The number of rotatable bonds is 5. The van der Waals surface area contributed by atoms with Crippen LogP contribution in [0.1, 0.15) is 48.7 Å². The average Bonchev–Trinajstić information content (AvgIpc) is 2.85. The molecule has 43 heavy (non-hydrogen) atoms. The number of primary amides is 1. The SMILES string of the molecule is CN(C)[C@@H]1C(=O)C(C(N)=O)C(=O)[C@@]2(C#N)C(=O)C3C(=O)c4c(O)ccc(CNC(=O)OCC(C)(C)C)c4C[C@@]3(N)C[C@@]12N. The third-order valence-corrected chi connectivity index (χ3v) is 8.63. The van der Waals surface area contributed by atoms with E-state index in [-0.39, 0.29) is 36.1 Å². The second-order valence-electron chi connectivity index (χ2n) is 13.2. The van der Waals surface area contributed by atoms with E-state index in [1.54, 1.807) is 6.07 Å². The van der Waals surface area contributed by atoms with Crippen LogP contribution in [0.15, 0.2) is 12.1 Å². The Balaban J connectivity index is 1.84. The van der Waals surface area contributed by atoms with Crippen molar-refractivity contribution in [1.82, 2.24) is 10.2 Å². The summed E-state index contributed by atoms with van der Waals surface area (Å²) in [6.07, 6.45) is -1.49. The maximum Gasteiger partial charge on any atom is 0.407 e. The summed E-state index contributed by atoms with van der Waals surface area (Å²) in [6, 6.07) is 2.86. The first-order valence-corrected chi connectivity index (χ1v) is 13.6. The molecule has 0 bridgehead atoms. The van der Waals surface area contributed by atoms with E-state index in [2.05, 4.69) is 5.32 Å². The number of carbonyl (C=O) groups excluding carboxylic acids is 6. The molecule has 0 spiro atoms. The summed E-state index contributed by atoms with van der Waals surface area (Å²) >= 11 is 0. The Kier molecular flexibility index (Phi) is 7.54. The molecule has 6 atom stereocenters. The van der Waals surface area contributed by atoms with Gasteiger partial charge in [-0.15, -0.1) is 0 Å². The van der Waals surface area contributed by atoms with Crippen LogP contribution < -0.4 is 22.5 Å². The average molecular weight is 597 g/mol. The van der Waals surface area contributed by atoms with Crippen molar-refractivity contribution in [3.8, 4) is 11.8 Å². The number of ketones is 4. The molecule has 2 amide bonds. The molecule has 0 radical (unpaired) electrons. The summed E-state index contributed by atoms with van der Waals surface area (Å²) in [7, 11) is 2.85. The van der Waals surface area contributed by atoms with E-state index in [0.717, 1.165) is 0 Å². The van der Waals surface area contributed by atoms with Crippen LogP contribution >= 0.6 is 0 Å². The van der Waals surface area contributed by atoms with E-state index in [1.807, 2.05) is 20.8 Å². The first-order valence-electron chi connectivity index (χ1n) is 13.6. The number of phenolic OH excluding ortho intramolecular Hbond substituents is 1. The summed E-state index contributed by atoms with van der Waals surface area (Å²) in [5.74, 6) is -10.4. The van der Waals surface area contributed by atoms with Crippen LogP contribution in [0.4, 0.5) is 4.79 Å². The molecule has 0 aromatic heterocycles. The number of nitriles is 1. The number of nitrogens with zero attached hydrogens (tertiary/aromatic N) is 2. The summed E-state index contributed by atoms with van der Waals surface area (Å²) in [4.78, 5) is 81.5. The van der Waals surface area contributed by atoms with E-state index >= 15 is 0 Å². The number of phenols is 1. The van der Waals surface area contributed by atoms with Gasteiger partial charge < -0.3 is 32.4 Å². The Morgan fingerprint density at radius 3 is 2.33 bits per heavy atom. The fourth-order valence-electron chi connectivity index (χ4n) is 6.93. The minimum Gasteiger partial charge on any atom is -0.507 e. The number of hydrogen-bond acceptors (Lipinski definition) is 12. The van der Waals surface area contributed by atoms with Crippen molar-refractivity contribution in [3.05, 3.63) is 28.8 Å². The van der Waals surface area contributed by atoms with Gasteiger partial charge in [0.1, 0.15) is 11.7 Å². The van der Waals surface area contributed by atoms with Gasteiger partial charge in [0, 0.05) is 12.1 Å². The molecule has 3 aliphatic rings. The van der Waals surface area contributed by atoms with Crippen molar-refractivity contribution >= 4 is 35.1 Å². The van der Waals surface area contributed by atoms with Crippen molar-refractivity contribution in [3.63, 3.8) is 0 Å². The second-order valence-corrected chi connectivity index (χ2v) is 13.2. The lowest BCUT2D eigenvalue weighted by atomic mass is 9.42. The van der Waals surface area contributed by atoms with E-state index in [0.29, 0.717) is 5.56 Å². The predicted octanol–water partition coefficient (Wildman–Crippen LogP) is -0.919. The summed E-state index contributed by atoms with van der Waals surface area (Å²) in [5.41, 5.74) is 12.2. The van der Waals surface area contributed by atoms with E-state index in [4.69, 9.17) is 21.9 Å². The van der Waals surface area contributed by atoms with Crippen molar-refractivity contribution in [1.29, 1.82) is 5.26 Å². The Hall–Kier alpha value is -4.19. The highest BCUT2D eigenvalue weighted by atomic mass is 16.5. The van der Waals surface area contributed by atoms with Gasteiger partial charge in [0.25, 0.3) is 0 Å². The normalized spacial score (nSPS) is 31.9. The van der Waals surface area contributed by atoms with Gasteiger partial charge in [0.15, 0.2) is 34.5 Å². The summed E-state index contributed by atoms with van der Waals surface area (Å²) in [5, 5.41) is 23.8. The molecule has 3 aliphatic carbocycles.